The van der Waals surface area contributed by atoms with Crippen LogP contribution in [-0.4, -0.2) is 23.5 Å². The molecule has 6 nitrogen and oxygen atoms in total. The lowest BCUT2D eigenvalue weighted by atomic mass is 9.92. The van der Waals surface area contributed by atoms with E-state index in [4.69, 9.17) is 21.1 Å². The van der Waals surface area contributed by atoms with Crippen LogP contribution in [0.4, 0.5) is 10.5 Å². The summed E-state index contributed by atoms with van der Waals surface area (Å²) in [7, 11) is 1.44. The van der Waals surface area contributed by atoms with Crippen LogP contribution in [0.1, 0.15) is 48.3 Å². The summed E-state index contributed by atoms with van der Waals surface area (Å²) >= 11 is 7.59. The summed E-state index contributed by atoms with van der Waals surface area (Å²) in [4.78, 5) is 25.9. The van der Waals surface area contributed by atoms with Crippen LogP contribution in [0.3, 0.4) is 0 Å². The standard InChI is InChI=1S/C31H29ClN2O4S/c1-18-17-22(11-14-24(18)21-9-12-23(13-10-21)31(15-16-31)29(35)37-4)28-27(19(2)34-39-28)33-30(36)38-20(3)25-7-5-6-8-26(25)32/h5-14,17,20H,15-16H2,1-4H3,(H,33,36). The van der Waals surface area contributed by atoms with Crippen molar-refractivity contribution in [2.75, 3.05) is 12.4 Å². The Morgan fingerprint density at radius 1 is 1.03 bits per heavy atom. The topological polar surface area (TPSA) is 77.5 Å². The third kappa shape index (κ3) is 5.29. The van der Waals surface area contributed by atoms with Gasteiger partial charge in [0.25, 0.3) is 0 Å². The Labute approximate surface area is 237 Å². The predicted octanol–water partition coefficient (Wildman–Crippen LogP) is 8.26. The third-order valence-electron chi connectivity index (χ3n) is 7.28. The molecule has 8 heteroatoms. The molecule has 5 rings (SSSR count). The molecule has 39 heavy (non-hydrogen) atoms. The molecule has 0 spiro atoms. The van der Waals surface area contributed by atoms with Crippen molar-refractivity contribution in [3.05, 3.63) is 94.1 Å². The smallest absolute Gasteiger partial charge is 0.412 e. The predicted molar refractivity (Wildman–Crippen MR) is 155 cm³/mol. The van der Waals surface area contributed by atoms with Gasteiger partial charge < -0.3 is 9.47 Å². The summed E-state index contributed by atoms with van der Waals surface area (Å²) in [5, 5.41) is 3.44. The van der Waals surface area contributed by atoms with Crippen LogP contribution in [0.2, 0.25) is 5.02 Å². The molecule has 0 aliphatic heterocycles. The van der Waals surface area contributed by atoms with E-state index in [0.717, 1.165) is 51.1 Å². The van der Waals surface area contributed by atoms with Gasteiger partial charge in [0, 0.05) is 10.6 Å². The molecular formula is C31H29ClN2O4S. The Morgan fingerprint density at radius 3 is 2.36 bits per heavy atom. The molecule has 1 heterocycles. The first-order chi connectivity index (χ1) is 18.7. The highest BCUT2D eigenvalue weighted by Crippen LogP contribution is 2.49. The van der Waals surface area contributed by atoms with E-state index in [9.17, 15) is 9.59 Å². The monoisotopic (exact) mass is 560 g/mol. The molecule has 0 radical (unpaired) electrons. The van der Waals surface area contributed by atoms with Gasteiger partial charge in [0.05, 0.1) is 28.8 Å². The molecule has 0 saturated heterocycles. The molecule has 1 fully saturated rings. The van der Waals surface area contributed by atoms with Crippen LogP contribution in [0.25, 0.3) is 21.6 Å². The highest BCUT2D eigenvalue weighted by atomic mass is 35.5. The molecule has 1 amide bonds. The van der Waals surface area contributed by atoms with E-state index in [-0.39, 0.29) is 5.97 Å². The number of carbonyl (C=O) groups is 2. The Morgan fingerprint density at radius 2 is 1.72 bits per heavy atom. The van der Waals surface area contributed by atoms with Gasteiger partial charge in [-0.1, -0.05) is 66.2 Å². The van der Waals surface area contributed by atoms with Gasteiger partial charge in [-0.05, 0) is 85.1 Å². The maximum absolute atomic E-state index is 12.8. The lowest BCUT2D eigenvalue weighted by Gasteiger charge is -2.16. The zero-order chi connectivity index (χ0) is 27.7. The lowest BCUT2D eigenvalue weighted by molar-refractivity contribution is -0.143. The van der Waals surface area contributed by atoms with Gasteiger partial charge >= 0.3 is 12.1 Å². The molecule has 3 aromatic carbocycles. The average molecular weight is 561 g/mol. The number of nitrogens with zero attached hydrogens (tertiary/aromatic N) is 1. The van der Waals surface area contributed by atoms with E-state index in [1.807, 2.05) is 43.3 Å². The summed E-state index contributed by atoms with van der Waals surface area (Å²) in [6, 6.07) is 21.7. The number of anilines is 1. The Kier molecular flexibility index (Phi) is 7.47. The molecule has 1 aliphatic rings. The SMILES string of the molecule is COC(=O)C1(c2ccc(-c3ccc(-c4snc(C)c4NC(=O)OC(C)c4ccccc4Cl)cc3C)cc2)CC1. The van der Waals surface area contributed by atoms with Crippen molar-refractivity contribution in [1.29, 1.82) is 0 Å². The molecule has 1 N–H and O–H groups in total. The van der Waals surface area contributed by atoms with Gasteiger partial charge in [-0.2, -0.15) is 4.37 Å². The van der Waals surface area contributed by atoms with Crippen molar-refractivity contribution in [3.8, 4) is 21.6 Å². The minimum Gasteiger partial charge on any atom is -0.468 e. The van der Waals surface area contributed by atoms with E-state index in [1.54, 1.807) is 13.0 Å². The Hall–Kier alpha value is -3.68. The van der Waals surface area contributed by atoms with E-state index in [0.29, 0.717) is 16.4 Å². The van der Waals surface area contributed by atoms with Gasteiger partial charge in [-0.3, -0.25) is 10.1 Å². The minimum atomic E-state index is -0.569. The molecule has 1 aliphatic carbocycles. The number of hydrogen-bond donors (Lipinski definition) is 1. The number of rotatable bonds is 7. The van der Waals surface area contributed by atoms with E-state index in [1.165, 1.54) is 18.6 Å². The summed E-state index contributed by atoms with van der Waals surface area (Å²) in [6.45, 7) is 5.70. The lowest BCUT2D eigenvalue weighted by Crippen LogP contribution is -2.21. The normalized spacial score (nSPS) is 14.4. The number of carbonyl (C=O) groups excluding carboxylic acids is 2. The largest absolute Gasteiger partial charge is 0.468 e. The fourth-order valence-corrected chi connectivity index (χ4v) is 6.03. The first-order valence-electron chi connectivity index (χ1n) is 12.7. The van der Waals surface area contributed by atoms with Crippen molar-refractivity contribution in [3.63, 3.8) is 0 Å². The maximum atomic E-state index is 12.8. The van der Waals surface area contributed by atoms with E-state index in [2.05, 4.69) is 40.9 Å². The molecule has 1 aromatic heterocycles. The number of halogens is 1. The second-order valence-electron chi connectivity index (χ2n) is 9.85. The Balaban J connectivity index is 1.34. The summed E-state index contributed by atoms with van der Waals surface area (Å²) in [5.41, 5.74) is 6.81. The molecule has 0 bridgehead atoms. The van der Waals surface area contributed by atoms with Crippen molar-refractivity contribution < 1.29 is 19.1 Å². The van der Waals surface area contributed by atoms with Crippen molar-refractivity contribution >= 4 is 40.9 Å². The maximum Gasteiger partial charge on any atom is 0.412 e. The first kappa shape index (κ1) is 26.9. The second-order valence-corrected chi connectivity index (χ2v) is 11.0. The number of nitrogens with one attached hydrogen (secondary N) is 1. The number of ether oxygens (including phenoxy) is 2. The molecule has 4 aromatic rings. The summed E-state index contributed by atoms with van der Waals surface area (Å²) in [6.07, 6.45) is 0.568. The fourth-order valence-electron chi connectivity index (χ4n) is 4.90. The van der Waals surface area contributed by atoms with Gasteiger partial charge in [0.15, 0.2) is 0 Å². The van der Waals surface area contributed by atoms with Crippen molar-refractivity contribution in [2.45, 2.75) is 45.1 Å². The number of aromatic nitrogens is 1. The first-order valence-corrected chi connectivity index (χ1v) is 13.9. The molecule has 200 valence electrons. The van der Waals surface area contributed by atoms with Gasteiger partial charge in [0.1, 0.15) is 6.10 Å². The van der Waals surface area contributed by atoms with Gasteiger partial charge in [-0.15, -0.1) is 0 Å². The second kappa shape index (κ2) is 10.8. The van der Waals surface area contributed by atoms with E-state index < -0.39 is 17.6 Å². The van der Waals surface area contributed by atoms with Crippen molar-refractivity contribution in [1.82, 2.24) is 4.37 Å². The molecule has 1 unspecified atom stereocenters. The van der Waals surface area contributed by atoms with Crippen LogP contribution in [0.5, 0.6) is 0 Å². The van der Waals surface area contributed by atoms with E-state index >= 15 is 0 Å². The number of hydrogen-bond acceptors (Lipinski definition) is 6. The minimum absolute atomic E-state index is 0.165. The summed E-state index contributed by atoms with van der Waals surface area (Å²) in [5.74, 6) is -0.165. The molecule has 1 atom stereocenters. The zero-order valence-corrected chi connectivity index (χ0v) is 23.8. The third-order valence-corrected chi connectivity index (χ3v) is 8.61. The number of amides is 1. The van der Waals surface area contributed by atoms with Gasteiger partial charge in [-0.25, -0.2) is 4.79 Å². The van der Waals surface area contributed by atoms with Crippen LogP contribution in [0, 0.1) is 13.8 Å². The number of esters is 1. The fraction of sp³-hybridized carbons (Fsp3) is 0.258. The van der Waals surface area contributed by atoms with Gasteiger partial charge in [0.2, 0.25) is 0 Å². The van der Waals surface area contributed by atoms with Crippen LogP contribution >= 0.6 is 23.1 Å². The number of aryl methyl sites for hydroxylation is 2. The highest BCUT2D eigenvalue weighted by Gasteiger charge is 2.52. The van der Waals surface area contributed by atoms with Crippen LogP contribution in [-0.2, 0) is 19.7 Å². The molecular weight excluding hydrogens is 532 g/mol. The summed E-state index contributed by atoms with van der Waals surface area (Å²) < 4.78 is 15.1. The quantitative estimate of drug-likeness (QED) is 0.230. The molecule has 1 saturated carbocycles. The highest BCUT2D eigenvalue weighted by molar-refractivity contribution is 7.10. The van der Waals surface area contributed by atoms with Crippen LogP contribution in [0.15, 0.2) is 66.7 Å². The van der Waals surface area contributed by atoms with Crippen molar-refractivity contribution in [2.24, 2.45) is 0 Å². The number of methoxy groups -OCH3 is 1. The van der Waals surface area contributed by atoms with Crippen LogP contribution < -0.4 is 5.32 Å². The Bertz CT molecular complexity index is 1540. The average Bonchev–Trinajstić information content (AvgIpc) is 3.67. The number of benzene rings is 3. The zero-order valence-electron chi connectivity index (χ0n) is 22.2.